The third-order valence-electron chi connectivity index (χ3n) is 2.95. The van der Waals surface area contributed by atoms with Crippen LogP contribution in [0.1, 0.15) is 32.8 Å². The molecule has 1 rings (SSSR count). The van der Waals surface area contributed by atoms with E-state index in [9.17, 15) is 5.11 Å². The molecule has 0 aliphatic heterocycles. The van der Waals surface area contributed by atoms with Crippen molar-refractivity contribution in [2.45, 2.75) is 33.7 Å². The molecule has 0 amide bonds. The summed E-state index contributed by atoms with van der Waals surface area (Å²) in [6.07, 6.45) is 1.13. The fourth-order valence-electron chi connectivity index (χ4n) is 1.36. The quantitative estimate of drug-likeness (QED) is 0.826. The van der Waals surface area contributed by atoms with E-state index in [-0.39, 0.29) is 11.2 Å². The molecule has 3 heteroatoms. The fourth-order valence-corrected chi connectivity index (χ4v) is 1.56. The molecule has 0 aromatic heterocycles. The van der Waals surface area contributed by atoms with E-state index in [4.69, 9.17) is 11.6 Å². The molecule has 0 unspecified atom stereocenters. The lowest BCUT2D eigenvalue weighted by molar-refractivity contribution is 0.326. The Labute approximate surface area is 103 Å². The predicted molar refractivity (Wildman–Crippen MR) is 68.9 cm³/mol. The summed E-state index contributed by atoms with van der Waals surface area (Å²) in [5.41, 5.74) is 1.13. The van der Waals surface area contributed by atoms with Crippen molar-refractivity contribution in [2.24, 2.45) is 5.41 Å². The first-order valence-electron chi connectivity index (χ1n) is 5.63. The maximum absolute atomic E-state index is 9.71. The van der Waals surface area contributed by atoms with E-state index in [1.165, 1.54) is 0 Å². The lowest BCUT2D eigenvalue weighted by Gasteiger charge is -2.23. The summed E-state index contributed by atoms with van der Waals surface area (Å²) in [5, 5.41) is 13.5. The van der Waals surface area contributed by atoms with Gasteiger partial charge in [-0.1, -0.05) is 44.5 Å². The largest absolute Gasteiger partial charge is 0.506 e. The lowest BCUT2D eigenvalue weighted by Crippen LogP contribution is -2.28. The highest BCUT2D eigenvalue weighted by Gasteiger charge is 2.14. The highest BCUT2D eigenvalue weighted by Crippen LogP contribution is 2.27. The molecular formula is C13H20ClNO. The monoisotopic (exact) mass is 241 g/mol. The van der Waals surface area contributed by atoms with Crippen LogP contribution in [0.3, 0.4) is 0 Å². The lowest BCUT2D eigenvalue weighted by atomic mass is 9.90. The first kappa shape index (κ1) is 13.3. The molecule has 0 saturated carbocycles. The number of nitrogens with one attached hydrogen (secondary N) is 1. The average molecular weight is 242 g/mol. The van der Waals surface area contributed by atoms with Crippen molar-refractivity contribution in [1.82, 2.24) is 5.32 Å². The van der Waals surface area contributed by atoms with Crippen LogP contribution in [-0.4, -0.2) is 11.7 Å². The Hall–Kier alpha value is -0.730. The zero-order valence-corrected chi connectivity index (χ0v) is 10.9. The van der Waals surface area contributed by atoms with E-state index in [1.807, 2.05) is 12.1 Å². The summed E-state index contributed by atoms with van der Waals surface area (Å²) < 4.78 is 0. The van der Waals surface area contributed by atoms with Gasteiger partial charge in [0.15, 0.2) is 0 Å². The Morgan fingerprint density at radius 1 is 1.38 bits per heavy atom. The molecule has 2 N–H and O–H groups in total. The van der Waals surface area contributed by atoms with Crippen molar-refractivity contribution in [3.8, 4) is 5.75 Å². The highest BCUT2D eigenvalue weighted by atomic mass is 35.5. The number of phenolic OH excluding ortho intramolecular Hbond substituents is 1. The molecular weight excluding hydrogens is 222 g/mol. The molecule has 0 radical (unpaired) electrons. The summed E-state index contributed by atoms with van der Waals surface area (Å²) >= 11 is 5.83. The minimum Gasteiger partial charge on any atom is -0.506 e. The van der Waals surface area contributed by atoms with Gasteiger partial charge >= 0.3 is 0 Å². The van der Waals surface area contributed by atoms with Gasteiger partial charge in [-0.15, -0.1) is 0 Å². The summed E-state index contributed by atoms with van der Waals surface area (Å²) in [4.78, 5) is 0. The van der Waals surface area contributed by atoms with Crippen LogP contribution in [0.4, 0.5) is 0 Å². The van der Waals surface area contributed by atoms with Crippen LogP contribution in [0.5, 0.6) is 5.75 Å². The molecule has 16 heavy (non-hydrogen) atoms. The van der Waals surface area contributed by atoms with E-state index in [0.717, 1.165) is 18.5 Å². The van der Waals surface area contributed by atoms with E-state index in [0.29, 0.717) is 11.6 Å². The molecule has 0 saturated heterocycles. The van der Waals surface area contributed by atoms with Crippen molar-refractivity contribution in [3.05, 3.63) is 28.8 Å². The van der Waals surface area contributed by atoms with Gasteiger partial charge in [0.25, 0.3) is 0 Å². The van der Waals surface area contributed by atoms with E-state index in [2.05, 4.69) is 26.1 Å². The first-order chi connectivity index (χ1) is 7.46. The third-order valence-corrected chi connectivity index (χ3v) is 3.25. The van der Waals surface area contributed by atoms with Crippen LogP contribution in [-0.2, 0) is 6.54 Å². The third kappa shape index (κ3) is 3.69. The van der Waals surface area contributed by atoms with Crippen molar-refractivity contribution < 1.29 is 5.11 Å². The van der Waals surface area contributed by atoms with Crippen LogP contribution in [0.25, 0.3) is 0 Å². The predicted octanol–water partition coefficient (Wildman–Crippen LogP) is 3.57. The smallest absolute Gasteiger partial charge is 0.138 e. The molecule has 0 heterocycles. The molecule has 0 atom stereocenters. The van der Waals surface area contributed by atoms with E-state index < -0.39 is 0 Å². The maximum Gasteiger partial charge on any atom is 0.138 e. The van der Waals surface area contributed by atoms with Gasteiger partial charge < -0.3 is 10.4 Å². The van der Waals surface area contributed by atoms with Gasteiger partial charge in [-0.3, -0.25) is 0 Å². The number of halogens is 1. The van der Waals surface area contributed by atoms with Crippen molar-refractivity contribution in [3.63, 3.8) is 0 Å². The summed E-state index contributed by atoms with van der Waals surface area (Å²) in [5.74, 6) is 0.186. The van der Waals surface area contributed by atoms with Crippen molar-refractivity contribution in [1.29, 1.82) is 0 Å². The van der Waals surface area contributed by atoms with Crippen molar-refractivity contribution >= 4 is 11.6 Å². The minimum absolute atomic E-state index is 0.186. The topological polar surface area (TPSA) is 32.3 Å². The van der Waals surface area contributed by atoms with Crippen LogP contribution in [0.2, 0.25) is 5.02 Å². The number of benzene rings is 1. The van der Waals surface area contributed by atoms with Crippen LogP contribution >= 0.6 is 11.6 Å². The Kier molecular flexibility index (Phi) is 4.63. The van der Waals surface area contributed by atoms with Gasteiger partial charge in [-0.25, -0.2) is 0 Å². The van der Waals surface area contributed by atoms with Gasteiger partial charge in [0.2, 0.25) is 0 Å². The number of rotatable bonds is 5. The summed E-state index contributed by atoms with van der Waals surface area (Å²) in [7, 11) is 0. The zero-order valence-electron chi connectivity index (χ0n) is 10.2. The zero-order chi connectivity index (χ0) is 12.2. The molecule has 1 aromatic rings. The fraction of sp³-hybridized carbons (Fsp3) is 0.538. The Morgan fingerprint density at radius 2 is 2.06 bits per heavy atom. The maximum atomic E-state index is 9.71. The van der Waals surface area contributed by atoms with Crippen molar-refractivity contribution in [2.75, 3.05) is 6.54 Å². The molecule has 2 nitrogen and oxygen atoms in total. The van der Waals surface area contributed by atoms with Gasteiger partial charge in [0.05, 0.1) is 5.02 Å². The van der Waals surface area contributed by atoms with Gasteiger partial charge in [0.1, 0.15) is 5.75 Å². The number of aromatic hydroxyl groups is 1. The molecule has 1 aromatic carbocycles. The summed E-state index contributed by atoms with van der Waals surface area (Å²) in [6.45, 7) is 8.19. The molecule has 0 aliphatic carbocycles. The Balaban J connectivity index is 2.53. The Morgan fingerprint density at radius 3 is 2.69 bits per heavy atom. The van der Waals surface area contributed by atoms with Gasteiger partial charge in [-0.05, 0) is 17.9 Å². The van der Waals surface area contributed by atoms with E-state index >= 15 is 0 Å². The number of phenols is 1. The second-order valence-corrected chi connectivity index (χ2v) is 5.28. The first-order valence-corrected chi connectivity index (χ1v) is 6.01. The average Bonchev–Trinajstić information content (AvgIpc) is 2.24. The van der Waals surface area contributed by atoms with Crippen LogP contribution < -0.4 is 5.32 Å². The molecule has 0 bridgehead atoms. The second-order valence-electron chi connectivity index (χ2n) is 4.87. The second kappa shape index (κ2) is 5.55. The summed E-state index contributed by atoms with van der Waals surface area (Å²) in [6, 6.07) is 5.42. The number of hydrogen-bond donors (Lipinski definition) is 2. The number of para-hydroxylation sites is 1. The highest BCUT2D eigenvalue weighted by molar-refractivity contribution is 6.32. The SMILES string of the molecule is CCC(C)(C)CNCc1cccc(Cl)c1O. The molecule has 0 spiro atoms. The standard InChI is InChI=1S/C13H20ClNO/c1-4-13(2,3)9-15-8-10-6-5-7-11(14)12(10)16/h5-7,15-16H,4,8-9H2,1-3H3. The van der Waals surface area contributed by atoms with Gasteiger partial charge in [-0.2, -0.15) is 0 Å². The normalized spacial score (nSPS) is 11.8. The van der Waals surface area contributed by atoms with Gasteiger partial charge in [0, 0.05) is 18.7 Å². The molecule has 0 fully saturated rings. The molecule has 90 valence electrons. The molecule has 0 aliphatic rings. The minimum atomic E-state index is 0.186. The van der Waals surface area contributed by atoms with Crippen LogP contribution in [0.15, 0.2) is 18.2 Å². The Bertz CT molecular complexity index is 350. The van der Waals surface area contributed by atoms with E-state index in [1.54, 1.807) is 6.07 Å². The number of hydrogen-bond acceptors (Lipinski definition) is 2. The van der Waals surface area contributed by atoms with Crippen LogP contribution in [0, 0.1) is 5.41 Å².